The number of fused-ring (bicyclic) bond motifs is 1. The Labute approximate surface area is 135 Å². The van der Waals surface area contributed by atoms with Gasteiger partial charge in [0.1, 0.15) is 0 Å². The third-order valence-electron chi connectivity index (χ3n) is 4.47. The van der Waals surface area contributed by atoms with E-state index in [9.17, 15) is 9.18 Å². The van der Waals surface area contributed by atoms with Gasteiger partial charge in [-0.3, -0.25) is 4.79 Å². The third-order valence-corrected chi connectivity index (χ3v) is 4.47. The molecule has 0 amide bonds. The Balaban J connectivity index is 0.000000220. The van der Waals surface area contributed by atoms with E-state index in [0.717, 1.165) is 5.56 Å². The maximum Gasteiger partial charge on any atom is 0.214 e. The van der Waals surface area contributed by atoms with E-state index in [1.54, 1.807) is 0 Å². The van der Waals surface area contributed by atoms with Crippen LogP contribution in [0.4, 0.5) is 4.39 Å². The lowest BCUT2D eigenvalue weighted by molar-refractivity contribution is 0.111. The maximum atomic E-state index is 13.8. The number of aromatic nitrogens is 3. The average molecular weight is 315 g/mol. The molecule has 1 fully saturated rings. The predicted molar refractivity (Wildman–Crippen MR) is 86.2 cm³/mol. The van der Waals surface area contributed by atoms with E-state index in [-0.39, 0.29) is 17.7 Å². The van der Waals surface area contributed by atoms with Crippen LogP contribution in [0.15, 0.2) is 30.3 Å². The first-order valence-corrected chi connectivity index (χ1v) is 8.40. The van der Waals surface area contributed by atoms with Crippen LogP contribution in [0, 0.1) is 0 Å². The first kappa shape index (κ1) is 15.8. The first-order chi connectivity index (χ1) is 11.3. The van der Waals surface area contributed by atoms with Crippen LogP contribution in [0.1, 0.15) is 79.2 Å². The third kappa shape index (κ3) is 3.66. The van der Waals surface area contributed by atoms with Crippen molar-refractivity contribution in [2.75, 3.05) is 0 Å². The van der Waals surface area contributed by atoms with E-state index >= 15 is 0 Å². The number of alkyl halides is 1. The zero-order chi connectivity index (χ0) is 16.1. The predicted octanol–water partition coefficient (Wildman–Crippen LogP) is 4.43. The average Bonchev–Trinajstić information content (AvgIpc) is 3.18. The van der Waals surface area contributed by atoms with Gasteiger partial charge in [-0.15, -0.1) is 5.10 Å². The molecule has 2 aromatic rings. The Morgan fingerprint density at radius 2 is 1.65 bits per heavy atom. The number of halogens is 1. The minimum absolute atomic E-state index is 0.0447. The van der Waals surface area contributed by atoms with Crippen LogP contribution in [0.5, 0.6) is 0 Å². The molecule has 0 spiro atoms. The van der Waals surface area contributed by atoms with Gasteiger partial charge in [0.25, 0.3) is 0 Å². The molecule has 0 saturated heterocycles. The zero-order valence-corrected chi connectivity index (χ0v) is 13.2. The number of benzene rings is 1. The summed E-state index contributed by atoms with van der Waals surface area (Å²) in [7, 11) is 0. The summed E-state index contributed by atoms with van der Waals surface area (Å²) >= 11 is 0. The highest BCUT2D eigenvalue weighted by atomic mass is 19.1. The van der Waals surface area contributed by atoms with Crippen LogP contribution in [0.3, 0.4) is 0 Å². The molecule has 2 heterocycles. The molecule has 4 rings (SSSR count). The van der Waals surface area contributed by atoms with Gasteiger partial charge in [-0.2, -0.15) is 0 Å². The fraction of sp³-hybridized carbons (Fsp3) is 0.500. The molecule has 2 unspecified atom stereocenters. The Bertz CT molecular complexity index is 625. The summed E-state index contributed by atoms with van der Waals surface area (Å²) in [6.45, 7) is 0. The fourth-order valence-corrected chi connectivity index (χ4v) is 3.26. The van der Waals surface area contributed by atoms with Gasteiger partial charge in [0.2, 0.25) is 5.82 Å². The summed E-state index contributed by atoms with van der Waals surface area (Å²) in [5.41, 5.74) is 0.983. The molecule has 0 radical (unpaired) electrons. The van der Waals surface area contributed by atoms with Gasteiger partial charge in [0.15, 0.2) is 18.3 Å². The maximum absolute atomic E-state index is 13.8. The highest BCUT2D eigenvalue weighted by Gasteiger charge is 2.35. The van der Waals surface area contributed by atoms with E-state index in [1.807, 2.05) is 30.3 Å². The Kier molecular flexibility index (Phi) is 5.16. The van der Waals surface area contributed by atoms with Crippen LogP contribution in [0.25, 0.3) is 0 Å². The van der Waals surface area contributed by atoms with Gasteiger partial charge in [0.05, 0.1) is 6.04 Å². The van der Waals surface area contributed by atoms with Crippen molar-refractivity contribution in [2.24, 2.45) is 0 Å². The smallest absolute Gasteiger partial charge is 0.214 e. The summed E-state index contributed by atoms with van der Waals surface area (Å²) in [6.07, 6.45) is 8.72. The van der Waals surface area contributed by atoms with E-state index in [0.29, 0.717) is 12.7 Å². The summed E-state index contributed by atoms with van der Waals surface area (Å²) in [6, 6.07) is 9.40. The Morgan fingerprint density at radius 1 is 1.04 bits per heavy atom. The van der Waals surface area contributed by atoms with Crippen molar-refractivity contribution in [3.63, 3.8) is 0 Å². The van der Waals surface area contributed by atoms with Crippen LogP contribution >= 0.6 is 0 Å². The number of hydrogen-bond acceptors (Lipinski definition) is 3. The standard InChI is InChI=1S/C12H10FN3O.C6H12/c13-9-6-10(8-4-2-1-3-5-8)16-12(9)14-11(7-17)15-16;1-2-4-6-5-3-1/h1-5,7,9-10H,6H2;1-6H2. The minimum atomic E-state index is -1.15. The molecule has 1 aliphatic heterocycles. The molecule has 5 heteroatoms. The number of nitrogens with zero attached hydrogens (tertiary/aromatic N) is 3. The van der Waals surface area contributed by atoms with Crippen LogP contribution < -0.4 is 0 Å². The fourth-order valence-electron chi connectivity index (χ4n) is 3.26. The molecule has 0 bridgehead atoms. The van der Waals surface area contributed by atoms with Gasteiger partial charge in [-0.05, 0) is 5.56 Å². The Morgan fingerprint density at radius 3 is 2.22 bits per heavy atom. The van der Waals surface area contributed by atoms with Crippen LogP contribution in [0.2, 0.25) is 0 Å². The monoisotopic (exact) mass is 315 g/mol. The molecule has 0 N–H and O–H groups in total. The topological polar surface area (TPSA) is 47.8 Å². The lowest BCUT2D eigenvalue weighted by Crippen LogP contribution is -2.07. The van der Waals surface area contributed by atoms with Crippen molar-refractivity contribution in [2.45, 2.75) is 57.2 Å². The molecule has 1 aromatic carbocycles. The van der Waals surface area contributed by atoms with Gasteiger partial charge in [-0.1, -0.05) is 68.9 Å². The molecule has 1 aliphatic carbocycles. The quantitative estimate of drug-likeness (QED) is 0.770. The van der Waals surface area contributed by atoms with Gasteiger partial charge >= 0.3 is 0 Å². The Hall–Kier alpha value is -2.04. The highest BCUT2D eigenvalue weighted by Crippen LogP contribution is 2.38. The van der Waals surface area contributed by atoms with E-state index < -0.39 is 6.17 Å². The van der Waals surface area contributed by atoms with Crippen molar-refractivity contribution in [3.8, 4) is 0 Å². The summed E-state index contributed by atoms with van der Waals surface area (Å²) < 4.78 is 15.3. The molecule has 23 heavy (non-hydrogen) atoms. The first-order valence-electron chi connectivity index (χ1n) is 8.40. The summed E-state index contributed by atoms with van der Waals surface area (Å²) in [4.78, 5) is 14.5. The van der Waals surface area contributed by atoms with Gasteiger partial charge in [-0.25, -0.2) is 14.1 Å². The van der Waals surface area contributed by atoms with Crippen LogP contribution in [-0.4, -0.2) is 21.1 Å². The second-order valence-electron chi connectivity index (χ2n) is 6.14. The number of hydrogen-bond donors (Lipinski definition) is 0. The second-order valence-corrected chi connectivity index (χ2v) is 6.14. The van der Waals surface area contributed by atoms with Crippen molar-refractivity contribution in [3.05, 3.63) is 47.5 Å². The number of carbonyl (C=O) groups is 1. The van der Waals surface area contributed by atoms with E-state index in [2.05, 4.69) is 10.1 Å². The number of rotatable bonds is 2. The van der Waals surface area contributed by atoms with Crippen molar-refractivity contribution in [1.29, 1.82) is 0 Å². The molecule has 2 atom stereocenters. The minimum Gasteiger partial charge on any atom is -0.294 e. The lowest BCUT2D eigenvalue weighted by Gasteiger charge is -2.10. The van der Waals surface area contributed by atoms with Crippen molar-refractivity contribution >= 4 is 6.29 Å². The molecule has 122 valence electrons. The number of aldehydes is 1. The summed E-state index contributed by atoms with van der Waals surface area (Å²) in [5, 5.41) is 4.01. The lowest BCUT2D eigenvalue weighted by atomic mass is 10.0. The van der Waals surface area contributed by atoms with E-state index in [1.165, 1.54) is 43.2 Å². The largest absolute Gasteiger partial charge is 0.294 e. The zero-order valence-electron chi connectivity index (χ0n) is 13.2. The molecule has 1 aromatic heterocycles. The van der Waals surface area contributed by atoms with Gasteiger partial charge in [0, 0.05) is 6.42 Å². The van der Waals surface area contributed by atoms with Crippen molar-refractivity contribution in [1.82, 2.24) is 14.8 Å². The van der Waals surface area contributed by atoms with E-state index in [4.69, 9.17) is 0 Å². The molecule has 2 aliphatic rings. The van der Waals surface area contributed by atoms with Crippen LogP contribution in [-0.2, 0) is 0 Å². The molecular weight excluding hydrogens is 293 g/mol. The highest BCUT2D eigenvalue weighted by molar-refractivity contribution is 5.68. The second kappa shape index (κ2) is 7.49. The number of carbonyl (C=O) groups excluding carboxylic acids is 1. The van der Waals surface area contributed by atoms with Gasteiger partial charge < -0.3 is 0 Å². The molecule has 4 nitrogen and oxygen atoms in total. The normalized spacial score (nSPS) is 22.8. The summed E-state index contributed by atoms with van der Waals surface area (Å²) in [5.74, 6) is 0.296. The SMILES string of the molecule is C1CCCCC1.O=Cc1nc2n(n1)C(c1ccccc1)CC2F. The van der Waals surface area contributed by atoms with Crippen molar-refractivity contribution < 1.29 is 9.18 Å². The molecule has 1 saturated carbocycles. The molecular formula is C18H22FN3O.